The zero-order valence-corrected chi connectivity index (χ0v) is 11.4. The van der Waals surface area contributed by atoms with Crippen LogP contribution >= 0.6 is 23.2 Å². The van der Waals surface area contributed by atoms with Crippen LogP contribution in [0.25, 0.3) is 0 Å². The van der Waals surface area contributed by atoms with E-state index >= 15 is 0 Å². The van der Waals surface area contributed by atoms with Crippen molar-refractivity contribution in [3.8, 4) is 0 Å². The van der Waals surface area contributed by atoms with E-state index in [1.807, 2.05) is 6.07 Å². The second-order valence-corrected chi connectivity index (χ2v) is 7.06. The van der Waals surface area contributed by atoms with E-state index in [0.29, 0.717) is 29.9 Å². The van der Waals surface area contributed by atoms with Crippen molar-refractivity contribution in [1.29, 1.82) is 0 Å². The monoisotopic (exact) mass is 294 g/mol. The molecule has 0 amide bonds. The van der Waals surface area contributed by atoms with E-state index in [1.165, 1.54) is 0 Å². The third kappa shape index (κ3) is 3.55. The van der Waals surface area contributed by atoms with Gasteiger partial charge in [-0.25, -0.2) is 13.4 Å². The van der Waals surface area contributed by atoms with Gasteiger partial charge in [0.1, 0.15) is 10.3 Å². The molecular weight excluding hydrogens is 283 g/mol. The zero-order valence-electron chi connectivity index (χ0n) is 9.07. The molecule has 0 radical (unpaired) electrons. The van der Waals surface area contributed by atoms with Crippen LogP contribution in [-0.4, -0.2) is 42.9 Å². The maximum atomic E-state index is 11.3. The number of nitrogens with zero attached hydrogens (tertiary/aromatic N) is 2. The molecule has 0 unspecified atom stereocenters. The molecule has 0 atom stereocenters. The van der Waals surface area contributed by atoms with Crippen molar-refractivity contribution in [3.63, 3.8) is 0 Å². The topological polar surface area (TPSA) is 50.3 Å². The molecule has 2 rings (SSSR count). The van der Waals surface area contributed by atoms with Crippen LogP contribution in [-0.2, 0) is 16.4 Å². The van der Waals surface area contributed by atoms with E-state index in [1.54, 1.807) is 6.07 Å². The minimum absolute atomic E-state index is 0.214. The summed E-state index contributed by atoms with van der Waals surface area (Å²) in [7, 11) is -2.84. The van der Waals surface area contributed by atoms with Gasteiger partial charge in [0.2, 0.25) is 0 Å². The first-order chi connectivity index (χ1) is 7.96. The molecule has 1 saturated heterocycles. The molecule has 1 aromatic rings. The molecule has 7 heteroatoms. The summed E-state index contributed by atoms with van der Waals surface area (Å²) in [5.41, 5.74) is 0.871. The van der Waals surface area contributed by atoms with Gasteiger partial charge in [-0.1, -0.05) is 29.3 Å². The average molecular weight is 295 g/mol. The van der Waals surface area contributed by atoms with Crippen molar-refractivity contribution in [2.45, 2.75) is 6.54 Å². The predicted molar refractivity (Wildman–Crippen MR) is 68.2 cm³/mol. The summed E-state index contributed by atoms with van der Waals surface area (Å²) in [5, 5.41) is 0.742. The summed E-state index contributed by atoms with van der Waals surface area (Å²) in [4.78, 5) is 6.01. The maximum Gasteiger partial charge on any atom is 0.152 e. The third-order valence-corrected chi connectivity index (χ3v) is 4.87. The third-order valence-electron chi connectivity index (χ3n) is 2.72. The van der Waals surface area contributed by atoms with Gasteiger partial charge in [0.15, 0.2) is 9.84 Å². The largest absolute Gasteiger partial charge is 0.297 e. The molecule has 94 valence electrons. The summed E-state index contributed by atoms with van der Waals surface area (Å²) < 4.78 is 22.6. The van der Waals surface area contributed by atoms with Crippen molar-refractivity contribution in [2.24, 2.45) is 0 Å². The second-order valence-electron chi connectivity index (χ2n) is 4.01. The summed E-state index contributed by atoms with van der Waals surface area (Å²) in [6, 6.07) is 3.50. The highest BCUT2D eigenvalue weighted by Gasteiger charge is 2.22. The van der Waals surface area contributed by atoms with Gasteiger partial charge in [0.25, 0.3) is 0 Å². The molecule has 4 nitrogen and oxygen atoms in total. The Hall–Kier alpha value is -0.360. The van der Waals surface area contributed by atoms with Gasteiger partial charge in [0, 0.05) is 25.2 Å². The van der Waals surface area contributed by atoms with Crippen LogP contribution in [0.1, 0.15) is 5.56 Å². The fourth-order valence-corrected chi connectivity index (χ4v) is 3.39. The Balaban J connectivity index is 2.02. The number of rotatable bonds is 2. The van der Waals surface area contributed by atoms with Gasteiger partial charge < -0.3 is 0 Å². The molecule has 17 heavy (non-hydrogen) atoms. The average Bonchev–Trinajstić information content (AvgIpc) is 2.25. The molecule has 0 saturated carbocycles. The predicted octanol–water partition coefficient (Wildman–Crippen LogP) is 1.62. The minimum atomic E-state index is -2.84. The molecule has 1 fully saturated rings. The quantitative estimate of drug-likeness (QED) is 0.778. The van der Waals surface area contributed by atoms with Crippen molar-refractivity contribution >= 4 is 33.0 Å². The maximum absolute atomic E-state index is 11.3. The summed E-state index contributed by atoms with van der Waals surface area (Å²) in [6.45, 7) is 1.70. The SMILES string of the molecule is O=S1(=O)CCN(Cc2ccc(Cl)nc2Cl)CC1. The molecule has 0 bridgehead atoms. The molecule has 1 aliphatic heterocycles. The minimum Gasteiger partial charge on any atom is -0.297 e. The second kappa shape index (κ2) is 5.10. The zero-order chi connectivity index (χ0) is 12.5. The van der Waals surface area contributed by atoms with Crippen molar-refractivity contribution in [2.75, 3.05) is 24.6 Å². The van der Waals surface area contributed by atoms with Gasteiger partial charge in [-0.2, -0.15) is 0 Å². The first kappa shape index (κ1) is 13.1. The molecule has 2 heterocycles. The van der Waals surface area contributed by atoms with Gasteiger partial charge in [-0.05, 0) is 6.07 Å². The summed E-state index contributed by atoms with van der Waals surface area (Å²) >= 11 is 11.7. The van der Waals surface area contributed by atoms with Crippen molar-refractivity contribution < 1.29 is 8.42 Å². The van der Waals surface area contributed by atoms with Gasteiger partial charge >= 0.3 is 0 Å². The van der Waals surface area contributed by atoms with Gasteiger partial charge in [0.05, 0.1) is 11.5 Å². The van der Waals surface area contributed by atoms with E-state index in [-0.39, 0.29) is 11.5 Å². The molecular formula is C10H12Cl2N2O2S. The fraction of sp³-hybridized carbons (Fsp3) is 0.500. The van der Waals surface area contributed by atoms with E-state index in [9.17, 15) is 8.42 Å². The van der Waals surface area contributed by atoms with Crippen LogP contribution in [0.15, 0.2) is 12.1 Å². The lowest BCUT2D eigenvalue weighted by Crippen LogP contribution is -2.39. The number of aromatic nitrogens is 1. The van der Waals surface area contributed by atoms with Crippen LogP contribution in [0.3, 0.4) is 0 Å². The van der Waals surface area contributed by atoms with Gasteiger partial charge in [-0.15, -0.1) is 0 Å². The first-order valence-electron chi connectivity index (χ1n) is 5.20. The highest BCUT2D eigenvalue weighted by molar-refractivity contribution is 7.91. The number of halogens is 2. The normalized spacial score (nSPS) is 20.4. The standard InChI is InChI=1S/C10H12Cl2N2O2S/c11-9-2-1-8(10(12)13-9)7-14-3-5-17(15,16)6-4-14/h1-2H,3-7H2. The van der Waals surface area contributed by atoms with E-state index in [0.717, 1.165) is 5.56 Å². The fourth-order valence-electron chi connectivity index (χ4n) is 1.71. The molecule has 0 N–H and O–H groups in total. The van der Waals surface area contributed by atoms with E-state index < -0.39 is 9.84 Å². The van der Waals surface area contributed by atoms with E-state index in [2.05, 4.69) is 9.88 Å². The lowest BCUT2D eigenvalue weighted by Gasteiger charge is -2.26. The van der Waals surface area contributed by atoms with Crippen LogP contribution in [0.4, 0.5) is 0 Å². The van der Waals surface area contributed by atoms with Crippen LogP contribution in [0, 0.1) is 0 Å². The smallest absolute Gasteiger partial charge is 0.152 e. The lowest BCUT2D eigenvalue weighted by molar-refractivity contribution is 0.287. The highest BCUT2D eigenvalue weighted by atomic mass is 35.5. The molecule has 0 aromatic carbocycles. The number of sulfone groups is 1. The molecule has 1 aliphatic rings. The molecule has 1 aromatic heterocycles. The molecule has 0 spiro atoms. The van der Waals surface area contributed by atoms with Crippen LogP contribution in [0.5, 0.6) is 0 Å². The number of pyridine rings is 1. The highest BCUT2D eigenvalue weighted by Crippen LogP contribution is 2.19. The number of hydrogen-bond acceptors (Lipinski definition) is 4. The lowest BCUT2D eigenvalue weighted by atomic mass is 10.2. The molecule has 0 aliphatic carbocycles. The first-order valence-corrected chi connectivity index (χ1v) is 7.78. The van der Waals surface area contributed by atoms with Gasteiger partial charge in [-0.3, -0.25) is 4.90 Å². The Morgan fingerprint density at radius 1 is 1.24 bits per heavy atom. The summed E-state index contributed by atoms with van der Waals surface area (Å²) in [5.74, 6) is 0.428. The van der Waals surface area contributed by atoms with E-state index in [4.69, 9.17) is 23.2 Å². The van der Waals surface area contributed by atoms with Crippen LogP contribution in [0.2, 0.25) is 10.3 Å². The van der Waals surface area contributed by atoms with Crippen molar-refractivity contribution in [1.82, 2.24) is 9.88 Å². The Labute approximate surface area is 110 Å². The Morgan fingerprint density at radius 2 is 1.88 bits per heavy atom. The summed E-state index contributed by atoms with van der Waals surface area (Å²) in [6.07, 6.45) is 0. The number of hydrogen-bond donors (Lipinski definition) is 0. The Kier molecular flexibility index (Phi) is 3.92. The van der Waals surface area contributed by atoms with Crippen molar-refractivity contribution in [3.05, 3.63) is 28.0 Å². The Bertz CT molecular complexity index is 505. The Morgan fingerprint density at radius 3 is 2.47 bits per heavy atom. The van der Waals surface area contributed by atoms with Crippen LogP contribution < -0.4 is 0 Å².